The number of methoxy groups -OCH3 is 1. The molecule has 4 heteroatoms. The van der Waals surface area contributed by atoms with E-state index in [0.29, 0.717) is 16.9 Å². The van der Waals surface area contributed by atoms with Gasteiger partial charge in [0.2, 0.25) is 0 Å². The van der Waals surface area contributed by atoms with Gasteiger partial charge in [0.25, 0.3) is 0 Å². The molecule has 19 heavy (non-hydrogen) atoms. The largest absolute Gasteiger partial charge is 0.504 e. The summed E-state index contributed by atoms with van der Waals surface area (Å²) in [6.45, 7) is 0. The number of rotatable bonds is 4. The Labute approximate surface area is 110 Å². The Kier molecular flexibility index (Phi) is 3.82. The molecule has 0 bridgehead atoms. The van der Waals surface area contributed by atoms with Crippen molar-refractivity contribution in [3.63, 3.8) is 0 Å². The number of phenolic OH excluding ortho intramolecular Hbond substituents is 1. The minimum absolute atomic E-state index is 0.111. The third kappa shape index (κ3) is 2.74. The first-order valence-corrected chi connectivity index (χ1v) is 5.77. The highest BCUT2D eigenvalue weighted by atomic mass is 16.5. The highest BCUT2D eigenvalue weighted by Crippen LogP contribution is 2.29. The molecule has 0 saturated heterocycles. The Hall–Kier alpha value is -2.33. The van der Waals surface area contributed by atoms with Gasteiger partial charge in [0.1, 0.15) is 6.10 Å². The van der Waals surface area contributed by atoms with Crippen LogP contribution < -0.4 is 4.74 Å². The first kappa shape index (κ1) is 13.1. The minimum Gasteiger partial charge on any atom is -0.504 e. The minimum atomic E-state index is -1.31. The topological polar surface area (TPSA) is 66.8 Å². The Morgan fingerprint density at radius 2 is 1.84 bits per heavy atom. The lowest BCUT2D eigenvalue weighted by Crippen LogP contribution is -2.12. The predicted molar refractivity (Wildman–Crippen MR) is 70.4 cm³/mol. The van der Waals surface area contributed by atoms with Gasteiger partial charge < -0.3 is 14.9 Å². The summed E-state index contributed by atoms with van der Waals surface area (Å²) in [7, 11) is 1.43. The zero-order valence-corrected chi connectivity index (χ0v) is 10.4. The maximum Gasteiger partial charge on any atom is 0.195 e. The molecule has 2 aromatic rings. The zero-order chi connectivity index (χ0) is 13.8. The second-order valence-corrected chi connectivity index (χ2v) is 4.06. The number of ketones is 1. The van der Waals surface area contributed by atoms with Crippen LogP contribution in [0.25, 0.3) is 0 Å². The van der Waals surface area contributed by atoms with Gasteiger partial charge in [0.15, 0.2) is 17.3 Å². The van der Waals surface area contributed by atoms with Crippen LogP contribution in [0.15, 0.2) is 48.5 Å². The fourth-order valence-electron chi connectivity index (χ4n) is 1.79. The standard InChI is InChI=1S/C15H14O4/c1-19-13-8-7-11(9-12(13)16)15(18)14(17)10-5-3-2-4-6-10/h2-9,15-16,18H,1H3. The second-order valence-electron chi connectivity index (χ2n) is 4.06. The number of aliphatic hydroxyl groups is 1. The highest BCUT2D eigenvalue weighted by molar-refractivity contribution is 5.99. The number of aliphatic hydroxyl groups excluding tert-OH is 1. The lowest BCUT2D eigenvalue weighted by atomic mass is 10.00. The van der Waals surface area contributed by atoms with E-state index in [1.54, 1.807) is 36.4 Å². The van der Waals surface area contributed by atoms with E-state index in [1.807, 2.05) is 0 Å². The summed E-state index contributed by atoms with van der Waals surface area (Å²) in [6, 6.07) is 12.9. The first-order chi connectivity index (χ1) is 9.13. The van der Waals surface area contributed by atoms with E-state index in [-0.39, 0.29) is 5.75 Å². The van der Waals surface area contributed by atoms with E-state index in [1.165, 1.54) is 19.2 Å². The van der Waals surface area contributed by atoms with E-state index in [2.05, 4.69) is 0 Å². The lowest BCUT2D eigenvalue weighted by molar-refractivity contribution is 0.0747. The molecule has 0 radical (unpaired) electrons. The molecule has 0 amide bonds. The molecule has 0 aliphatic rings. The van der Waals surface area contributed by atoms with Gasteiger partial charge in [-0.2, -0.15) is 0 Å². The number of hydrogen-bond acceptors (Lipinski definition) is 4. The van der Waals surface area contributed by atoms with Gasteiger partial charge in [0.05, 0.1) is 7.11 Å². The number of Topliss-reactive ketones (excluding diaryl/α,β-unsaturated/α-hetero) is 1. The van der Waals surface area contributed by atoms with E-state index in [9.17, 15) is 15.0 Å². The van der Waals surface area contributed by atoms with Gasteiger partial charge in [-0.15, -0.1) is 0 Å². The number of phenols is 1. The van der Waals surface area contributed by atoms with Crippen LogP contribution in [0.5, 0.6) is 11.5 Å². The molecule has 0 fully saturated rings. The SMILES string of the molecule is COc1ccc(C(O)C(=O)c2ccccc2)cc1O. The van der Waals surface area contributed by atoms with Gasteiger partial charge >= 0.3 is 0 Å². The molecular formula is C15H14O4. The normalized spacial score (nSPS) is 11.9. The van der Waals surface area contributed by atoms with Gasteiger partial charge in [-0.25, -0.2) is 0 Å². The molecule has 0 heterocycles. The number of benzene rings is 2. The Balaban J connectivity index is 2.27. The number of carbonyl (C=O) groups excluding carboxylic acids is 1. The second kappa shape index (κ2) is 5.54. The molecule has 4 nitrogen and oxygen atoms in total. The van der Waals surface area contributed by atoms with E-state index in [0.717, 1.165) is 0 Å². The van der Waals surface area contributed by atoms with E-state index in [4.69, 9.17) is 4.74 Å². The molecular weight excluding hydrogens is 244 g/mol. The number of carbonyl (C=O) groups is 1. The Morgan fingerprint density at radius 3 is 2.42 bits per heavy atom. The van der Waals surface area contributed by atoms with Crippen molar-refractivity contribution >= 4 is 5.78 Å². The summed E-state index contributed by atoms with van der Waals surface area (Å²) >= 11 is 0. The average molecular weight is 258 g/mol. The van der Waals surface area contributed by atoms with Gasteiger partial charge in [-0.05, 0) is 17.7 Å². The lowest BCUT2D eigenvalue weighted by Gasteiger charge is -2.11. The van der Waals surface area contributed by atoms with Crippen molar-refractivity contribution < 1.29 is 19.7 Å². The molecule has 2 rings (SSSR count). The quantitative estimate of drug-likeness (QED) is 0.826. The van der Waals surface area contributed by atoms with Gasteiger partial charge in [-0.3, -0.25) is 4.79 Å². The number of aromatic hydroxyl groups is 1. The van der Waals surface area contributed by atoms with Crippen molar-refractivity contribution in [3.8, 4) is 11.5 Å². The smallest absolute Gasteiger partial charge is 0.195 e. The van der Waals surface area contributed by atoms with Crippen molar-refractivity contribution in [1.82, 2.24) is 0 Å². The monoisotopic (exact) mass is 258 g/mol. The van der Waals surface area contributed by atoms with Crippen LogP contribution >= 0.6 is 0 Å². The van der Waals surface area contributed by atoms with E-state index >= 15 is 0 Å². The summed E-state index contributed by atoms with van der Waals surface area (Å²) in [4.78, 5) is 12.0. The summed E-state index contributed by atoms with van der Waals surface area (Å²) in [6.07, 6.45) is -1.31. The fraction of sp³-hybridized carbons (Fsp3) is 0.133. The van der Waals surface area contributed by atoms with Crippen molar-refractivity contribution in [2.24, 2.45) is 0 Å². The molecule has 0 spiro atoms. The molecule has 1 unspecified atom stereocenters. The summed E-state index contributed by atoms with van der Waals surface area (Å²) < 4.78 is 4.91. The highest BCUT2D eigenvalue weighted by Gasteiger charge is 2.20. The Bertz CT molecular complexity index is 578. The molecule has 0 aliphatic carbocycles. The first-order valence-electron chi connectivity index (χ1n) is 5.77. The van der Waals surface area contributed by atoms with Crippen LogP contribution in [0.3, 0.4) is 0 Å². The van der Waals surface area contributed by atoms with Crippen LogP contribution in [0, 0.1) is 0 Å². The Morgan fingerprint density at radius 1 is 1.16 bits per heavy atom. The third-order valence-corrected chi connectivity index (χ3v) is 2.83. The van der Waals surface area contributed by atoms with Crippen molar-refractivity contribution in [2.45, 2.75) is 6.10 Å². The molecule has 1 atom stereocenters. The van der Waals surface area contributed by atoms with Crippen LogP contribution in [-0.2, 0) is 0 Å². The average Bonchev–Trinajstić information content (AvgIpc) is 2.46. The molecule has 0 saturated carbocycles. The molecule has 0 aromatic heterocycles. The fourth-order valence-corrected chi connectivity index (χ4v) is 1.79. The maximum atomic E-state index is 12.0. The van der Waals surface area contributed by atoms with E-state index < -0.39 is 11.9 Å². The van der Waals surface area contributed by atoms with Crippen LogP contribution in [0.2, 0.25) is 0 Å². The molecule has 98 valence electrons. The summed E-state index contributed by atoms with van der Waals surface area (Å²) in [5, 5.41) is 19.7. The van der Waals surface area contributed by atoms with Crippen molar-refractivity contribution in [1.29, 1.82) is 0 Å². The predicted octanol–water partition coefficient (Wildman–Crippen LogP) is 2.32. The molecule has 2 aromatic carbocycles. The van der Waals surface area contributed by atoms with Crippen molar-refractivity contribution in [2.75, 3.05) is 7.11 Å². The van der Waals surface area contributed by atoms with Gasteiger partial charge in [-0.1, -0.05) is 36.4 Å². The summed E-state index contributed by atoms with van der Waals surface area (Å²) in [5.74, 6) is -0.229. The zero-order valence-electron chi connectivity index (χ0n) is 10.4. The molecule has 0 aliphatic heterocycles. The molecule has 2 N–H and O–H groups in total. The van der Waals surface area contributed by atoms with Gasteiger partial charge in [0, 0.05) is 5.56 Å². The van der Waals surface area contributed by atoms with Crippen LogP contribution in [-0.4, -0.2) is 23.1 Å². The van der Waals surface area contributed by atoms with Crippen LogP contribution in [0.4, 0.5) is 0 Å². The van der Waals surface area contributed by atoms with Crippen LogP contribution in [0.1, 0.15) is 22.0 Å². The summed E-state index contributed by atoms with van der Waals surface area (Å²) in [5.41, 5.74) is 0.748. The van der Waals surface area contributed by atoms with Crippen molar-refractivity contribution in [3.05, 3.63) is 59.7 Å². The maximum absolute atomic E-state index is 12.0. The number of ether oxygens (including phenoxy) is 1. The number of hydrogen-bond donors (Lipinski definition) is 2. The third-order valence-electron chi connectivity index (χ3n) is 2.83.